The molecule has 0 bridgehead atoms. The molecule has 2 rings (SSSR count). The molecular weight excluding hydrogens is 360 g/mol. The minimum absolute atomic E-state index is 0.0914. The summed E-state index contributed by atoms with van der Waals surface area (Å²) in [6, 6.07) is 3.95. The number of aromatic nitrogens is 3. The van der Waals surface area contributed by atoms with Crippen molar-refractivity contribution < 1.29 is 14.3 Å². The maximum absolute atomic E-state index is 11.9. The van der Waals surface area contributed by atoms with Gasteiger partial charge in [-0.2, -0.15) is 0 Å². The van der Waals surface area contributed by atoms with Gasteiger partial charge in [0, 0.05) is 19.6 Å². The maximum atomic E-state index is 11.9. The zero-order chi connectivity index (χ0) is 18.2. The van der Waals surface area contributed by atoms with Gasteiger partial charge in [-0.05, 0) is 32.2 Å². The van der Waals surface area contributed by atoms with Gasteiger partial charge in [0.1, 0.15) is 0 Å². The van der Waals surface area contributed by atoms with Crippen LogP contribution in [-0.2, 0) is 20.9 Å². The summed E-state index contributed by atoms with van der Waals surface area (Å²) in [4.78, 5) is 26.4. The molecule has 25 heavy (non-hydrogen) atoms. The Morgan fingerprint density at radius 1 is 1.28 bits per heavy atom. The van der Waals surface area contributed by atoms with E-state index in [1.165, 1.54) is 11.8 Å². The van der Waals surface area contributed by atoms with Gasteiger partial charge in [0.2, 0.25) is 0 Å². The Labute approximate surface area is 155 Å². The lowest BCUT2D eigenvalue weighted by atomic mass is 10.4. The summed E-state index contributed by atoms with van der Waals surface area (Å²) in [5.41, 5.74) is 0. The minimum Gasteiger partial charge on any atom is -0.455 e. The molecule has 0 saturated carbocycles. The zero-order valence-corrected chi connectivity index (χ0v) is 16.2. The molecular formula is C16H22N4O3S2. The highest BCUT2D eigenvalue weighted by Crippen LogP contribution is 2.27. The Kier molecular flexibility index (Phi) is 7.45. The first kappa shape index (κ1) is 19.5. The molecule has 0 aliphatic rings. The van der Waals surface area contributed by atoms with Crippen LogP contribution in [0.15, 0.2) is 22.7 Å². The van der Waals surface area contributed by atoms with Crippen LogP contribution in [0, 0.1) is 0 Å². The van der Waals surface area contributed by atoms with E-state index in [0.29, 0.717) is 24.8 Å². The third kappa shape index (κ3) is 5.05. The predicted octanol–water partition coefficient (Wildman–Crippen LogP) is 2.53. The van der Waals surface area contributed by atoms with Crippen molar-refractivity contribution in [2.24, 2.45) is 0 Å². The zero-order valence-electron chi connectivity index (χ0n) is 14.6. The van der Waals surface area contributed by atoms with Crippen molar-refractivity contribution in [1.82, 2.24) is 19.7 Å². The van der Waals surface area contributed by atoms with Crippen LogP contribution in [0.25, 0.3) is 10.7 Å². The maximum Gasteiger partial charge on any atom is 0.316 e. The molecule has 0 spiro atoms. The fourth-order valence-electron chi connectivity index (χ4n) is 2.24. The Balaban J connectivity index is 1.89. The molecule has 0 aliphatic carbocycles. The van der Waals surface area contributed by atoms with Crippen molar-refractivity contribution >= 4 is 35.0 Å². The Bertz CT molecular complexity index is 696. The largest absolute Gasteiger partial charge is 0.455 e. The molecule has 0 N–H and O–H groups in total. The average molecular weight is 383 g/mol. The molecule has 0 aliphatic heterocycles. The molecule has 0 unspecified atom stereocenters. The van der Waals surface area contributed by atoms with Crippen molar-refractivity contribution in [2.75, 3.05) is 25.4 Å². The lowest BCUT2D eigenvalue weighted by Crippen LogP contribution is -2.34. The molecule has 9 heteroatoms. The number of hydrogen-bond acceptors (Lipinski definition) is 7. The Morgan fingerprint density at radius 3 is 2.64 bits per heavy atom. The normalized spacial score (nSPS) is 10.7. The number of rotatable bonds is 9. The number of thiophene rings is 1. The number of amides is 1. The van der Waals surface area contributed by atoms with Gasteiger partial charge in [0.15, 0.2) is 17.6 Å². The summed E-state index contributed by atoms with van der Waals surface area (Å²) in [5, 5.41) is 11.0. The molecule has 1 amide bonds. The van der Waals surface area contributed by atoms with E-state index < -0.39 is 5.97 Å². The lowest BCUT2D eigenvalue weighted by Gasteiger charge is -2.18. The molecule has 2 aromatic rings. The van der Waals surface area contributed by atoms with Crippen LogP contribution >= 0.6 is 23.1 Å². The molecule has 0 saturated heterocycles. The third-order valence-electron chi connectivity index (χ3n) is 3.57. The van der Waals surface area contributed by atoms with Crippen LogP contribution in [0.5, 0.6) is 0 Å². The SMILES string of the molecule is CCN(CC)C(=O)COC(=O)CSc1nnc(-c2cccs2)n1CC. The molecule has 2 heterocycles. The average Bonchev–Trinajstić information content (AvgIpc) is 3.27. The second-order valence-electron chi connectivity index (χ2n) is 5.04. The number of likely N-dealkylation sites (N-methyl/N-ethyl adjacent to an activating group) is 1. The molecule has 0 atom stereocenters. The van der Waals surface area contributed by atoms with Gasteiger partial charge < -0.3 is 14.2 Å². The predicted molar refractivity (Wildman–Crippen MR) is 98.6 cm³/mol. The number of carbonyl (C=O) groups is 2. The van der Waals surface area contributed by atoms with Crippen molar-refractivity contribution in [3.8, 4) is 10.7 Å². The monoisotopic (exact) mass is 382 g/mol. The van der Waals surface area contributed by atoms with Gasteiger partial charge in [0.25, 0.3) is 5.91 Å². The van der Waals surface area contributed by atoms with Crippen molar-refractivity contribution in [3.63, 3.8) is 0 Å². The van der Waals surface area contributed by atoms with Crippen LogP contribution in [-0.4, -0.2) is 57.0 Å². The Hall–Kier alpha value is -1.87. The third-order valence-corrected chi connectivity index (χ3v) is 5.37. The van der Waals surface area contributed by atoms with E-state index in [1.807, 2.05) is 42.9 Å². The van der Waals surface area contributed by atoms with Crippen LogP contribution in [0.1, 0.15) is 20.8 Å². The Morgan fingerprint density at radius 2 is 2.04 bits per heavy atom. The van der Waals surface area contributed by atoms with Crippen LogP contribution in [0.4, 0.5) is 0 Å². The number of nitrogens with zero attached hydrogens (tertiary/aromatic N) is 4. The molecule has 0 radical (unpaired) electrons. The first-order chi connectivity index (χ1) is 12.1. The molecule has 0 fully saturated rings. The summed E-state index contributed by atoms with van der Waals surface area (Å²) in [7, 11) is 0. The van der Waals surface area contributed by atoms with Gasteiger partial charge in [-0.1, -0.05) is 17.8 Å². The number of ether oxygens (including phenoxy) is 1. The highest BCUT2D eigenvalue weighted by atomic mass is 32.2. The second kappa shape index (κ2) is 9.57. The van der Waals surface area contributed by atoms with E-state index in [0.717, 1.165) is 10.7 Å². The van der Waals surface area contributed by atoms with E-state index in [4.69, 9.17) is 4.74 Å². The summed E-state index contributed by atoms with van der Waals surface area (Å²) in [6.07, 6.45) is 0. The van der Waals surface area contributed by atoms with E-state index in [1.54, 1.807) is 16.2 Å². The lowest BCUT2D eigenvalue weighted by molar-refractivity contribution is -0.149. The topological polar surface area (TPSA) is 77.3 Å². The second-order valence-corrected chi connectivity index (χ2v) is 6.93. The molecule has 7 nitrogen and oxygen atoms in total. The first-order valence-electron chi connectivity index (χ1n) is 8.13. The first-order valence-corrected chi connectivity index (χ1v) is 10.00. The quantitative estimate of drug-likeness (QED) is 0.490. The number of hydrogen-bond donors (Lipinski definition) is 0. The fraction of sp³-hybridized carbons (Fsp3) is 0.500. The smallest absolute Gasteiger partial charge is 0.316 e. The van der Waals surface area contributed by atoms with E-state index in [9.17, 15) is 9.59 Å². The van der Waals surface area contributed by atoms with Crippen LogP contribution in [0.3, 0.4) is 0 Å². The van der Waals surface area contributed by atoms with Crippen LogP contribution < -0.4 is 0 Å². The van der Waals surface area contributed by atoms with Gasteiger partial charge in [-0.3, -0.25) is 9.59 Å². The van der Waals surface area contributed by atoms with Gasteiger partial charge in [0.05, 0.1) is 10.6 Å². The molecule has 2 aromatic heterocycles. The molecule has 136 valence electrons. The van der Waals surface area contributed by atoms with Gasteiger partial charge in [-0.15, -0.1) is 21.5 Å². The molecule has 0 aromatic carbocycles. The minimum atomic E-state index is -0.436. The number of esters is 1. The fourth-order valence-corrected chi connectivity index (χ4v) is 3.76. The van der Waals surface area contributed by atoms with Crippen LogP contribution in [0.2, 0.25) is 0 Å². The van der Waals surface area contributed by atoms with Gasteiger partial charge >= 0.3 is 5.97 Å². The number of thioether (sulfide) groups is 1. The highest BCUT2D eigenvalue weighted by Gasteiger charge is 2.17. The van der Waals surface area contributed by atoms with Gasteiger partial charge in [-0.25, -0.2) is 0 Å². The van der Waals surface area contributed by atoms with E-state index >= 15 is 0 Å². The van der Waals surface area contributed by atoms with E-state index in [2.05, 4.69) is 10.2 Å². The summed E-state index contributed by atoms with van der Waals surface area (Å²) in [5.74, 6) is 0.271. The van der Waals surface area contributed by atoms with Crippen molar-refractivity contribution in [3.05, 3.63) is 17.5 Å². The number of carbonyl (C=O) groups excluding carboxylic acids is 2. The van der Waals surface area contributed by atoms with Crippen molar-refractivity contribution in [2.45, 2.75) is 32.5 Å². The summed E-state index contributed by atoms with van der Waals surface area (Å²) in [6.45, 7) is 7.48. The van der Waals surface area contributed by atoms with Crippen molar-refractivity contribution in [1.29, 1.82) is 0 Å². The van der Waals surface area contributed by atoms with E-state index in [-0.39, 0.29) is 18.3 Å². The standard InChI is InChI=1S/C16H22N4O3S2/c1-4-19(5-2)13(21)10-23-14(22)11-25-16-18-17-15(20(16)6-3)12-8-7-9-24-12/h7-9H,4-6,10-11H2,1-3H3. The summed E-state index contributed by atoms with van der Waals surface area (Å²) < 4.78 is 7.02. The highest BCUT2D eigenvalue weighted by molar-refractivity contribution is 7.99. The summed E-state index contributed by atoms with van der Waals surface area (Å²) >= 11 is 2.86.